The van der Waals surface area contributed by atoms with Gasteiger partial charge in [0, 0.05) is 46.1 Å². The Balaban J connectivity index is 1.47. The Labute approximate surface area is 168 Å². The maximum absolute atomic E-state index is 12.8. The van der Waals surface area contributed by atoms with Gasteiger partial charge < -0.3 is 10.3 Å². The summed E-state index contributed by atoms with van der Waals surface area (Å²) in [6, 6.07) is 22.0. The van der Waals surface area contributed by atoms with E-state index in [0.717, 1.165) is 44.1 Å². The summed E-state index contributed by atoms with van der Waals surface area (Å²) in [5.74, 6) is -0.120. The van der Waals surface area contributed by atoms with Crippen LogP contribution < -0.4 is 5.32 Å². The first-order chi connectivity index (χ1) is 14.2. The van der Waals surface area contributed by atoms with Crippen molar-refractivity contribution in [2.24, 2.45) is 0 Å². The number of carbonyl (C=O) groups is 1. The molecule has 0 bridgehead atoms. The quantitative estimate of drug-likeness (QED) is 0.408. The number of aryl methyl sites for hydroxylation is 1. The molecular weight excluding hydrogens is 358 g/mol. The Morgan fingerprint density at radius 1 is 0.897 bits per heavy atom. The highest BCUT2D eigenvalue weighted by Gasteiger charge is 2.10. The molecule has 2 aromatic heterocycles. The first kappa shape index (κ1) is 17.2. The van der Waals surface area contributed by atoms with Crippen molar-refractivity contribution in [2.75, 3.05) is 5.32 Å². The van der Waals surface area contributed by atoms with E-state index in [9.17, 15) is 4.79 Å². The van der Waals surface area contributed by atoms with Crippen molar-refractivity contribution in [1.29, 1.82) is 0 Å². The molecule has 0 fully saturated rings. The van der Waals surface area contributed by atoms with E-state index in [1.54, 1.807) is 6.20 Å². The number of benzene rings is 3. The number of nitrogens with one attached hydrogen (secondary N) is 2. The summed E-state index contributed by atoms with van der Waals surface area (Å²) in [4.78, 5) is 20.1. The fourth-order valence-corrected chi connectivity index (χ4v) is 3.66. The average molecular weight is 377 g/mol. The Morgan fingerprint density at radius 3 is 2.76 bits per heavy atom. The molecular formula is C25H19N3O. The lowest BCUT2D eigenvalue weighted by atomic mass is 9.98. The summed E-state index contributed by atoms with van der Waals surface area (Å²) in [7, 11) is 0. The molecule has 0 unspecified atom stereocenters. The first-order valence-electron chi connectivity index (χ1n) is 9.51. The van der Waals surface area contributed by atoms with Gasteiger partial charge in [-0.1, -0.05) is 18.2 Å². The minimum atomic E-state index is -0.120. The van der Waals surface area contributed by atoms with Crippen LogP contribution in [0.1, 0.15) is 15.9 Å². The van der Waals surface area contributed by atoms with E-state index in [0.29, 0.717) is 5.56 Å². The van der Waals surface area contributed by atoms with Gasteiger partial charge in [-0.05, 0) is 77.5 Å². The summed E-state index contributed by atoms with van der Waals surface area (Å²) in [6.45, 7) is 2.08. The fourth-order valence-electron chi connectivity index (χ4n) is 3.66. The molecule has 0 radical (unpaired) electrons. The van der Waals surface area contributed by atoms with Gasteiger partial charge in [-0.15, -0.1) is 0 Å². The molecule has 3 aromatic carbocycles. The number of hydrogen-bond donors (Lipinski definition) is 2. The van der Waals surface area contributed by atoms with Gasteiger partial charge in [0.25, 0.3) is 5.91 Å². The summed E-state index contributed by atoms with van der Waals surface area (Å²) in [6.07, 6.45) is 5.54. The van der Waals surface area contributed by atoms with Crippen molar-refractivity contribution in [3.8, 4) is 11.1 Å². The van der Waals surface area contributed by atoms with Crippen LogP contribution in [-0.4, -0.2) is 15.9 Å². The van der Waals surface area contributed by atoms with E-state index in [2.05, 4.69) is 40.4 Å². The van der Waals surface area contributed by atoms with E-state index in [4.69, 9.17) is 0 Å². The van der Waals surface area contributed by atoms with E-state index in [1.807, 2.05) is 60.9 Å². The predicted molar refractivity (Wildman–Crippen MR) is 118 cm³/mol. The molecule has 2 N–H and O–H groups in total. The van der Waals surface area contributed by atoms with E-state index < -0.39 is 0 Å². The zero-order valence-corrected chi connectivity index (χ0v) is 15.9. The number of fused-ring (bicyclic) bond motifs is 2. The van der Waals surface area contributed by atoms with E-state index >= 15 is 0 Å². The SMILES string of the molecule is Cc1ccc(NC(=O)c2ccc3[nH]ccc3c2)cc1-c1ccc2ccncc2c1. The summed E-state index contributed by atoms with van der Waals surface area (Å²) < 4.78 is 0. The van der Waals surface area contributed by atoms with E-state index in [-0.39, 0.29) is 5.91 Å². The standard InChI is InChI=1S/C25H19N3O/c1-16-2-6-22(28-25(29)20-5-7-24-19(13-20)9-11-27-24)14-23(16)18-4-3-17-8-10-26-15-21(17)12-18/h2-15,27H,1H3,(H,28,29). The highest BCUT2D eigenvalue weighted by atomic mass is 16.1. The summed E-state index contributed by atoms with van der Waals surface area (Å²) >= 11 is 0. The number of rotatable bonds is 3. The number of amides is 1. The number of carbonyl (C=O) groups excluding carboxylic acids is 1. The second-order valence-electron chi connectivity index (χ2n) is 7.20. The van der Waals surface area contributed by atoms with Crippen molar-refractivity contribution < 1.29 is 4.79 Å². The second-order valence-corrected chi connectivity index (χ2v) is 7.20. The van der Waals surface area contributed by atoms with Gasteiger partial charge in [-0.25, -0.2) is 0 Å². The normalized spacial score (nSPS) is 11.1. The minimum Gasteiger partial charge on any atom is -0.361 e. The molecule has 0 spiro atoms. The molecule has 5 aromatic rings. The highest BCUT2D eigenvalue weighted by molar-refractivity contribution is 6.06. The van der Waals surface area contributed by atoms with Gasteiger partial charge in [0.2, 0.25) is 0 Å². The van der Waals surface area contributed by atoms with Crippen LogP contribution in [0.4, 0.5) is 5.69 Å². The lowest BCUT2D eigenvalue weighted by Gasteiger charge is -2.11. The molecule has 2 heterocycles. The third kappa shape index (κ3) is 3.25. The monoisotopic (exact) mass is 377 g/mol. The molecule has 0 aliphatic rings. The van der Waals surface area contributed by atoms with Crippen LogP contribution in [0.3, 0.4) is 0 Å². The van der Waals surface area contributed by atoms with Gasteiger partial charge in [-0.2, -0.15) is 0 Å². The Bertz CT molecular complexity index is 1370. The molecule has 0 saturated heterocycles. The first-order valence-corrected chi connectivity index (χ1v) is 9.51. The lowest BCUT2D eigenvalue weighted by molar-refractivity contribution is 0.102. The number of hydrogen-bond acceptors (Lipinski definition) is 2. The van der Waals surface area contributed by atoms with Crippen LogP contribution >= 0.6 is 0 Å². The van der Waals surface area contributed by atoms with Gasteiger partial charge in [0.15, 0.2) is 0 Å². The Morgan fingerprint density at radius 2 is 1.83 bits per heavy atom. The molecule has 0 atom stereocenters. The molecule has 4 nitrogen and oxygen atoms in total. The van der Waals surface area contributed by atoms with Crippen molar-refractivity contribution >= 4 is 33.3 Å². The van der Waals surface area contributed by atoms with Crippen LogP contribution in [0.15, 0.2) is 85.3 Å². The topological polar surface area (TPSA) is 57.8 Å². The Kier molecular flexibility index (Phi) is 4.10. The maximum atomic E-state index is 12.8. The number of aromatic nitrogens is 2. The second kappa shape index (κ2) is 6.91. The zero-order chi connectivity index (χ0) is 19.8. The van der Waals surface area contributed by atoms with Crippen LogP contribution in [-0.2, 0) is 0 Å². The number of anilines is 1. The highest BCUT2D eigenvalue weighted by Crippen LogP contribution is 2.29. The van der Waals surface area contributed by atoms with Crippen molar-refractivity contribution in [2.45, 2.75) is 6.92 Å². The van der Waals surface area contributed by atoms with Gasteiger partial charge in [0.05, 0.1) is 0 Å². The van der Waals surface area contributed by atoms with Crippen molar-refractivity contribution in [3.63, 3.8) is 0 Å². The predicted octanol–water partition coefficient (Wildman–Crippen LogP) is 5.94. The third-order valence-electron chi connectivity index (χ3n) is 5.26. The number of H-pyrrole nitrogens is 1. The molecule has 4 heteroatoms. The van der Waals surface area contributed by atoms with Gasteiger partial charge in [0.1, 0.15) is 0 Å². The minimum absolute atomic E-state index is 0.120. The van der Waals surface area contributed by atoms with Gasteiger partial charge >= 0.3 is 0 Å². The number of pyridine rings is 1. The van der Waals surface area contributed by atoms with E-state index in [1.165, 1.54) is 0 Å². The fraction of sp³-hybridized carbons (Fsp3) is 0.0400. The molecule has 1 amide bonds. The molecule has 0 aliphatic heterocycles. The number of aromatic amines is 1. The molecule has 0 saturated carbocycles. The molecule has 0 aliphatic carbocycles. The van der Waals surface area contributed by atoms with Crippen molar-refractivity contribution in [3.05, 3.63) is 96.4 Å². The molecule has 140 valence electrons. The smallest absolute Gasteiger partial charge is 0.255 e. The van der Waals surface area contributed by atoms with Gasteiger partial charge in [-0.3, -0.25) is 9.78 Å². The van der Waals surface area contributed by atoms with Crippen LogP contribution in [0.5, 0.6) is 0 Å². The largest absolute Gasteiger partial charge is 0.361 e. The van der Waals surface area contributed by atoms with Crippen LogP contribution in [0.2, 0.25) is 0 Å². The molecule has 5 rings (SSSR count). The lowest BCUT2D eigenvalue weighted by Crippen LogP contribution is -2.11. The maximum Gasteiger partial charge on any atom is 0.255 e. The van der Waals surface area contributed by atoms with Crippen molar-refractivity contribution in [1.82, 2.24) is 9.97 Å². The third-order valence-corrected chi connectivity index (χ3v) is 5.26. The van der Waals surface area contributed by atoms with Crippen LogP contribution in [0.25, 0.3) is 32.8 Å². The summed E-state index contributed by atoms with van der Waals surface area (Å²) in [5, 5.41) is 6.30. The molecule has 29 heavy (non-hydrogen) atoms. The summed E-state index contributed by atoms with van der Waals surface area (Å²) in [5.41, 5.74) is 5.78. The average Bonchev–Trinajstić information content (AvgIpc) is 3.22. The zero-order valence-electron chi connectivity index (χ0n) is 15.9. The Hall–Kier alpha value is -3.92. The van der Waals surface area contributed by atoms with Crippen LogP contribution in [0, 0.1) is 6.92 Å². The number of nitrogens with zero attached hydrogens (tertiary/aromatic N) is 1.